The molecule has 5 nitrogen and oxygen atoms in total. The number of aryl methyl sites for hydroxylation is 1. The van der Waals surface area contributed by atoms with Crippen LogP contribution in [0.25, 0.3) is 10.2 Å². The molecule has 0 bridgehead atoms. The minimum Gasteiger partial charge on any atom is -0.324 e. The summed E-state index contributed by atoms with van der Waals surface area (Å²) in [5.41, 5.74) is 0.376. The first-order valence-corrected chi connectivity index (χ1v) is 9.81. The fraction of sp³-hybridized carbons (Fsp3) is 0.188. The van der Waals surface area contributed by atoms with Gasteiger partial charge in [0.1, 0.15) is 5.39 Å². The van der Waals surface area contributed by atoms with Gasteiger partial charge in [0.2, 0.25) is 5.91 Å². The quantitative estimate of drug-likeness (QED) is 0.521. The molecule has 3 aromatic rings. The van der Waals surface area contributed by atoms with Crippen molar-refractivity contribution in [1.82, 2.24) is 4.57 Å². The molecule has 25 heavy (non-hydrogen) atoms. The average molecular weight is 415 g/mol. The van der Waals surface area contributed by atoms with E-state index in [4.69, 9.17) is 23.2 Å². The van der Waals surface area contributed by atoms with Crippen LogP contribution in [0.4, 0.5) is 5.69 Å². The summed E-state index contributed by atoms with van der Waals surface area (Å²) >= 11 is 14.7. The molecule has 0 spiro atoms. The van der Waals surface area contributed by atoms with Gasteiger partial charge in [-0.15, -0.1) is 0 Å². The lowest BCUT2D eigenvalue weighted by molar-refractivity contribution is -0.404. The summed E-state index contributed by atoms with van der Waals surface area (Å²) in [6.07, 6.45) is 0. The van der Waals surface area contributed by atoms with E-state index >= 15 is 0 Å². The highest BCUT2D eigenvalue weighted by atomic mass is 35.5. The lowest BCUT2D eigenvalue weighted by Crippen LogP contribution is -2.27. The number of halogens is 2. The number of thiophene rings is 1. The number of benzene rings is 1. The first kappa shape index (κ1) is 18.3. The van der Waals surface area contributed by atoms with Crippen LogP contribution in [0.1, 0.15) is 4.88 Å². The maximum Gasteiger partial charge on any atom is 0.346 e. The van der Waals surface area contributed by atoms with Gasteiger partial charge in [-0.1, -0.05) is 34.5 Å². The summed E-state index contributed by atoms with van der Waals surface area (Å²) in [7, 11) is 1.68. The Morgan fingerprint density at radius 2 is 2.12 bits per heavy atom. The molecule has 2 aromatic heterocycles. The summed E-state index contributed by atoms with van der Waals surface area (Å²) < 4.78 is 1.51. The van der Waals surface area contributed by atoms with E-state index in [2.05, 4.69) is 10.3 Å². The molecule has 0 aliphatic rings. The zero-order valence-electron chi connectivity index (χ0n) is 13.4. The van der Waals surface area contributed by atoms with Crippen LogP contribution in [0.15, 0.2) is 34.2 Å². The highest BCUT2D eigenvalue weighted by molar-refractivity contribution is 7.99. The van der Waals surface area contributed by atoms with E-state index in [0.29, 0.717) is 26.3 Å². The van der Waals surface area contributed by atoms with Gasteiger partial charge in [0, 0.05) is 9.90 Å². The molecule has 0 atom stereocenters. The van der Waals surface area contributed by atoms with E-state index in [9.17, 15) is 9.59 Å². The predicted octanol–water partition coefficient (Wildman–Crippen LogP) is 3.76. The van der Waals surface area contributed by atoms with Gasteiger partial charge >= 0.3 is 10.7 Å². The lowest BCUT2D eigenvalue weighted by atomic mass is 10.3. The van der Waals surface area contributed by atoms with Crippen molar-refractivity contribution in [2.45, 2.75) is 12.1 Å². The first-order valence-electron chi connectivity index (χ1n) is 7.25. The molecule has 0 aliphatic carbocycles. The van der Waals surface area contributed by atoms with Gasteiger partial charge in [0.25, 0.3) is 0 Å². The highest BCUT2D eigenvalue weighted by Gasteiger charge is 2.19. The van der Waals surface area contributed by atoms with E-state index in [0.717, 1.165) is 9.71 Å². The van der Waals surface area contributed by atoms with Gasteiger partial charge in [-0.2, -0.15) is 4.57 Å². The van der Waals surface area contributed by atoms with Crippen LogP contribution in [0.5, 0.6) is 0 Å². The van der Waals surface area contributed by atoms with Crippen molar-refractivity contribution in [2.75, 3.05) is 11.1 Å². The summed E-state index contributed by atoms with van der Waals surface area (Å²) in [4.78, 5) is 29.6. The highest BCUT2D eigenvalue weighted by Crippen LogP contribution is 2.26. The van der Waals surface area contributed by atoms with E-state index < -0.39 is 0 Å². The fourth-order valence-corrected chi connectivity index (χ4v) is 4.36. The number of rotatable bonds is 4. The summed E-state index contributed by atoms with van der Waals surface area (Å²) in [6, 6.07) is 6.73. The van der Waals surface area contributed by atoms with Gasteiger partial charge in [-0.25, -0.2) is 9.78 Å². The minimum absolute atomic E-state index is 0.0844. The molecule has 1 amide bonds. The molecule has 1 aromatic carbocycles. The number of thioether (sulfide) groups is 1. The summed E-state index contributed by atoms with van der Waals surface area (Å²) in [5.74, 6) is -0.111. The third-order valence-electron chi connectivity index (χ3n) is 3.46. The van der Waals surface area contributed by atoms with E-state index in [1.807, 2.05) is 13.0 Å². The van der Waals surface area contributed by atoms with Crippen molar-refractivity contribution in [3.8, 4) is 0 Å². The molecular weight excluding hydrogens is 401 g/mol. The Balaban J connectivity index is 1.76. The second-order valence-electron chi connectivity index (χ2n) is 5.36. The van der Waals surface area contributed by atoms with Crippen molar-refractivity contribution in [1.29, 1.82) is 0 Å². The molecule has 0 aliphatic heterocycles. The Labute approximate surface area is 162 Å². The number of carbonyl (C=O) groups is 1. The molecule has 9 heteroatoms. The molecule has 2 N–H and O–H groups in total. The van der Waals surface area contributed by atoms with Crippen LogP contribution in [0.2, 0.25) is 10.0 Å². The molecule has 0 radical (unpaired) electrons. The van der Waals surface area contributed by atoms with Crippen LogP contribution in [0.3, 0.4) is 0 Å². The van der Waals surface area contributed by atoms with Crippen LogP contribution in [0, 0.1) is 6.92 Å². The topological polar surface area (TPSA) is 65.2 Å². The van der Waals surface area contributed by atoms with Crippen molar-refractivity contribution in [2.24, 2.45) is 7.05 Å². The van der Waals surface area contributed by atoms with Gasteiger partial charge in [-0.05, 0) is 43.0 Å². The number of aromatic nitrogens is 2. The second kappa shape index (κ2) is 7.37. The van der Waals surface area contributed by atoms with Crippen molar-refractivity contribution in [3.05, 3.63) is 49.5 Å². The maximum absolute atomic E-state index is 12.4. The Bertz CT molecular complexity index is 1030. The molecule has 0 saturated carbocycles. The zero-order valence-corrected chi connectivity index (χ0v) is 16.5. The first-order chi connectivity index (χ1) is 11.8. The zero-order chi connectivity index (χ0) is 18.1. The summed E-state index contributed by atoms with van der Waals surface area (Å²) in [6.45, 7) is 1.95. The third kappa shape index (κ3) is 4.00. The Hall–Kier alpha value is -1.54. The number of nitrogens with zero attached hydrogens (tertiary/aromatic N) is 1. The monoisotopic (exact) mass is 414 g/mol. The van der Waals surface area contributed by atoms with Crippen LogP contribution < -0.4 is 15.9 Å². The van der Waals surface area contributed by atoms with Crippen molar-refractivity contribution in [3.63, 3.8) is 0 Å². The molecule has 130 valence electrons. The molecule has 0 fully saturated rings. The van der Waals surface area contributed by atoms with Crippen LogP contribution in [-0.4, -0.2) is 16.2 Å². The van der Waals surface area contributed by atoms with Gasteiger partial charge < -0.3 is 5.32 Å². The smallest absolute Gasteiger partial charge is 0.324 e. The third-order valence-corrected chi connectivity index (χ3v) is 6.04. The SMILES string of the molecule is Cc1cc2c(=O)n(C)c(SCC(=O)Nc3cc(Cl)ccc3Cl)[nH+]c2s1. The number of nitrogens with one attached hydrogen (secondary N) is 2. The largest absolute Gasteiger partial charge is 0.346 e. The lowest BCUT2D eigenvalue weighted by Gasteiger charge is -2.07. The number of aromatic amines is 1. The number of amides is 1. The van der Waals surface area contributed by atoms with Gasteiger partial charge in [0.15, 0.2) is 4.83 Å². The van der Waals surface area contributed by atoms with Crippen molar-refractivity contribution < 1.29 is 9.78 Å². The number of hydrogen-bond donors (Lipinski definition) is 1. The minimum atomic E-state index is -0.238. The van der Waals surface area contributed by atoms with E-state index in [1.54, 1.807) is 25.2 Å². The van der Waals surface area contributed by atoms with Crippen LogP contribution in [-0.2, 0) is 11.8 Å². The van der Waals surface area contributed by atoms with E-state index in [-0.39, 0.29) is 17.2 Å². The maximum atomic E-state index is 12.4. The molecule has 0 saturated heterocycles. The van der Waals surface area contributed by atoms with E-state index in [1.165, 1.54) is 27.7 Å². The van der Waals surface area contributed by atoms with Crippen LogP contribution >= 0.6 is 46.3 Å². The normalized spacial score (nSPS) is 11.0. The Morgan fingerprint density at radius 1 is 1.36 bits per heavy atom. The number of fused-ring (bicyclic) bond motifs is 1. The molecule has 2 heterocycles. The molecule has 0 unspecified atom stereocenters. The van der Waals surface area contributed by atoms with Gasteiger partial charge in [-0.3, -0.25) is 4.79 Å². The second-order valence-corrected chi connectivity index (χ2v) is 8.42. The standard InChI is InChI=1S/C16H13Cl2N3O2S2/c1-8-5-10-14(25-8)20-16(21(2)15(10)23)24-7-13(22)19-12-6-9(17)3-4-11(12)18/h3-6H,7H2,1-2H3,(H,19,22)/p+1. The summed E-state index contributed by atoms with van der Waals surface area (Å²) in [5, 5.41) is 4.90. The molecule has 3 rings (SSSR count). The molecular formula is C16H14Cl2N3O2S2+. The predicted molar refractivity (Wildman–Crippen MR) is 104 cm³/mol. The Kier molecular flexibility index (Phi) is 5.38. The Morgan fingerprint density at radius 3 is 2.88 bits per heavy atom. The number of H-pyrrole nitrogens is 1. The number of anilines is 1. The average Bonchev–Trinajstić information content (AvgIpc) is 2.93. The van der Waals surface area contributed by atoms with Gasteiger partial charge in [0.05, 0.1) is 23.5 Å². The van der Waals surface area contributed by atoms with Crippen molar-refractivity contribution >= 4 is 68.1 Å². The fourth-order valence-electron chi connectivity index (χ4n) is 2.27. The number of hydrogen-bond acceptors (Lipinski definition) is 4. The number of carbonyl (C=O) groups excluding carboxylic acids is 1.